The van der Waals surface area contributed by atoms with Gasteiger partial charge in [-0.2, -0.15) is 26.3 Å². The fraction of sp³-hybridized carbons (Fsp3) is 0.700. The van der Waals surface area contributed by atoms with Crippen molar-refractivity contribution >= 4 is 0 Å². The zero-order valence-electron chi connectivity index (χ0n) is 8.96. The van der Waals surface area contributed by atoms with Crippen molar-refractivity contribution in [1.29, 1.82) is 0 Å². The Kier molecular flexibility index (Phi) is 4.33. The maximum Gasteiger partial charge on any atom is 0.423 e. The number of alkyl halides is 6. The van der Waals surface area contributed by atoms with E-state index < -0.39 is 35.7 Å². The van der Waals surface area contributed by atoms with Gasteiger partial charge in [0.25, 0.3) is 0 Å². The van der Waals surface area contributed by atoms with Crippen molar-refractivity contribution in [3.05, 3.63) is 18.6 Å². The first-order valence-electron chi connectivity index (χ1n) is 4.96. The second-order valence-corrected chi connectivity index (χ2v) is 4.43. The molecular formula is C10H9F6OY-. The van der Waals surface area contributed by atoms with Crippen molar-refractivity contribution in [1.82, 2.24) is 0 Å². The summed E-state index contributed by atoms with van der Waals surface area (Å²) in [4.78, 5) is 0. The Morgan fingerprint density at radius 1 is 1.00 bits per heavy atom. The van der Waals surface area contributed by atoms with E-state index in [0.29, 0.717) is 0 Å². The first-order chi connectivity index (χ1) is 7.57. The summed E-state index contributed by atoms with van der Waals surface area (Å²) in [6, 6.07) is 0. The summed E-state index contributed by atoms with van der Waals surface area (Å²) >= 11 is 0. The molecule has 0 aromatic rings. The number of hydrogen-bond donors (Lipinski definition) is 1. The minimum absolute atomic E-state index is 0. The van der Waals surface area contributed by atoms with Crippen LogP contribution in [0.2, 0.25) is 0 Å². The molecule has 1 saturated carbocycles. The summed E-state index contributed by atoms with van der Waals surface area (Å²) in [5.41, 5.74) is -4.65. The average Bonchev–Trinajstić information content (AvgIpc) is 2.73. The van der Waals surface area contributed by atoms with Crippen LogP contribution in [0.5, 0.6) is 0 Å². The Bertz CT molecular complexity index is 333. The van der Waals surface area contributed by atoms with E-state index >= 15 is 0 Å². The van der Waals surface area contributed by atoms with Gasteiger partial charge in [0.05, 0.1) is 0 Å². The van der Waals surface area contributed by atoms with Crippen molar-refractivity contribution in [3.63, 3.8) is 0 Å². The average molecular weight is 348 g/mol. The minimum atomic E-state index is -5.73. The van der Waals surface area contributed by atoms with Gasteiger partial charge in [-0.05, 0) is 5.92 Å². The fourth-order valence-corrected chi connectivity index (χ4v) is 2.56. The van der Waals surface area contributed by atoms with Gasteiger partial charge in [-0.25, -0.2) is 0 Å². The number of allylic oxidation sites excluding steroid dienone is 2. The van der Waals surface area contributed by atoms with Crippen LogP contribution in [0.15, 0.2) is 12.2 Å². The van der Waals surface area contributed by atoms with Gasteiger partial charge in [0.15, 0.2) is 0 Å². The second kappa shape index (κ2) is 4.74. The van der Waals surface area contributed by atoms with Crippen LogP contribution in [-0.4, -0.2) is 23.1 Å². The van der Waals surface area contributed by atoms with Crippen molar-refractivity contribution < 1.29 is 64.2 Å². The summed E-state index contributed by atoms with van der Waals surface area (Å²) in [5, 5.41) is 9.19. The van der Waals surface area contributed by atoms with Gasteiger partial charge in [-0.3, -0.25) is 0 Å². The smallest absolute Gasteiger partial charge is 0.375 e. The molecule has 8 heteroatoms. The topological polar surface area (TPSA) is 20.2 Å². The SMILES string of the molecule is OC(C1[CH-]C2C=CC1C2)(C(F)(F)F)C(F)(F)F.[Y]. The molecule has 0 saturated heterocycles. The third-order valence-corrected chi connectivity index (χ3v) is 3.41. The van der Waals surface area contributed by atoms with Gasteiger partial charge in [-0.1, -0.05) is 12.5 Å². The van der Waals surface area contributed by atoms with Crippen LogP contribution >= 0.6 is 0 Å². The predicted octanol–water partition coefficient (Wildman–Crippen LogP) is 2.87. The summed E-state index contributed by atoms with van der Waals surface area (Å²) in [5.74, 6) is -3.24. The molecule has 0 spiro atoms. The molecule has 0 amide bonds. The van der Waals surface area contributed by atoms with Gasteiger partial charge < -0.3 is 11.5 Å². The molecule has 0 aromatic heterocycles. The Hall–Kier alpha value is 0.384. The van der Waals surface area contributed by atoms with E-state index in [4.69, 9.17) is 0 Å². The van der Waals surface area contributed by atoms with Crippen LogP contribution in [0.3, 0.4) is 0 Å². The normalized spacial score (nSPS) is 31.6. The molecule has 1 fully saturated rings. The van der Waals surface area contributed by atoms with Crippen LogP contribution < -0.4 is 0 Å². The maximum atomic E-state index is 12.6. The van der Waals surface area contributed by atoms with Crippen molar-refractivity contribution in [2.45, 2.75) is 24.4 Å². The molecule has 0 aliphatic heterocycles. The number of rotatable bonds is 1. The molecule has 2 aliphatic carbocycles. The van der Waals surface area contributed by atoms with E-state index in [2.05, 4.69) is 0 Å². The molecule has 2 aliphatic rings. The molecular weight excluding hydrogens is 339 g/mol. The minimum Gasteiger partial charge on any atom is -0.375 e. The van der Waals surface area contributed by atoms with Gasteiger partial charge in [-0.15, -0.1) is 17.9 Å². The second-order valence-electron chi connectivity index (χ2n) is 4.43. The Labute approximate surface area is 124 Å². The van der Waals surface area contributed by atoms with E-state index in [9.17, 15) is 31.4 Å². The molecule has 0 heterocycles. The number of fused-ring (bicyclic) bond motifs is 2. The number of aliphatic hydroxyl groups is 1. The van der Waals surface area contributed by atoms with Crippen LogP contribution in [0.1, 0.15) is 6.42 Å². The standard InChI is InChI=1S/C10H9F6O.Y/c11-9(12,13)8(17,10(14,15)16)7-4-5-1-2-6(7)3-5;/h1-2,4-7,17H,3H2;/q-1;. The van der Waals surface area contributed by atoms with Crippen molar-refractivity contribution in [3.8, 4) is 0 Å². The molecule has 3 unspecified atom stereocenters. The Balaban J connectivity index is 0.00000162. The number of hydrogen-bond acceptors (Lipinski definition) is 1. The number of halogens is 6. The van der Waals surface area contributed by atoms with E-state index in [1.54, 1.807) is 6.08 Å². The van der Waals surface area contributed by atoms with E-state index in [0.717, 1.165) is 6.42 Å². The molecule has 101 valence electrons. The predicted molar refractivity (Wildman–Crippen MR) is 45.6 cm³/mol. The van der Waals surface area contributed by atoms with E-state index in [1.807, 2.05) is 0 Å². The zero-order valence-corrected chi connectivity index (χ0v) is 11.8. The third-order valence-electron chi connectivity index (χ3n) is 3.41. The van der Waals surface area contributed by atoms with Crippen molar-refractivity contribution in [2.75, 3.05) is 0 Å². The molecule has 18 heavy (non-hydrogen) atoms. The monoisotopic (exact) mass is 348 g/mol. The Morgan fingerprint density at radius 3 is 1.78 bits per heavy atom. The van der Waals surface area contributed by atoms with Gasteiger partial charge in [0, 0.05) is 32.7 Å². The zero-order chi connectivity index (χ0) is 13.1. The van der Waals surface area contributed by atoms with Crippen LogP contribution in [0.4, 0.5) is 26.3 Å². The Morgan fingerprint density at radius 2 is 1.50 bits per heavy atom. The largest absolute Gasteiger partial charge is 0.423 e. The molecule has 1 nitrogen and oxygen atoms in total. The quantitative estimate of drug-likeness (QED) is 0.439. The third kappa shape index (κ3) is 2.26. The first kappa shape index (κ1) is 16.4. The summed E-state index contributed by atoms with van der Waals surface area (Å²) in [7, 11) is 0. The van der Waals surface area contributed by atoms with Crippen LogP contribution in [0.25, 0.3) is 0 Å². The van der Waals surface area contributed by atoms with Crippen LogP contribution in [0, 0.1) is 24.2 Å². The summed E-state index contributed by atoms with van der Waals surface area (Å²) < 4.78 is 75.4. The molecule has 2 bridgehead atoms. The molecule has 3 atom stereocenters. The van der Waals surface area contributed by atoms with Gasteiger partial charge in [0.1, 0.15) is 0 Å². The van der Waals surface area contributed by atoms with E-state index in [1.165, 1.54) is 6.08 Å². The first-order valence-corrected chi connectivity index (χ1v) is 4.96. The van der Waals surface area contributed by atoms with Gasteiger partial charge in [0.2, 0.25) is 5.60 Å². The molecule has 0 aromatic carbocycles. The molecule has 1 radical (unpaired) electrons. The maximum absolute atomic E-state index is 12.6. The molecule has 1 N–H and O–H groups in total. The molecule has 2 rings (SSSR count). The van der Waals surface area contributed by atoms with E-state index in [-0.39, 0.29) is 39.1 Å². The summed E-state index contributed by atoms with van der Waals surface area (Å²) in [6.45, 7) is 0. The van der Waals surface area contributed by atoms with Crippen LogP contribution in [-0.2, 0) is 32.7 Å². The fourth-order valence-electron chi connectivity index (χ4n) is 2.56. The van der Waals surface area contributed by atoms with Gasteiger partial charge >= 0.3 is 12.4 Å². The van der Waals surface area contributed by atoms with Crippen molar-refractivity contribution in [2.24, 2.45) is 17.8 Å². The summed E-state index contributed by atoms with van der Waals surface area (Å²) in [6.07, 6.45) is -7.42.